The number of carbonyl (C=O) groups is 1. The first kappa shape index (κ1) is 23.1. The van der Waals surface area contributed by atoms with Crippen molar-refractivity contribution < 1.29 is 22.7 Å². The molecule has 0 saturated carbocycles. The summed E-state index contributed by atoms with van der Waals surface area (Å²) in [6, 6.07) is 20.2. The van der Waals surface area contributed by atoms with E-state index in [4.69, 9.17) is 9.47 Å². The van der Waals surface area contributed by atoms with Gasteiger partial charge in [-0.05, 0) is 67.9 Å². The molecule has 0 saturated heterocycles. The largest absolute Gasteiger partial charge is 0.495 e. The van der Waals surface area contributed by atoms with Crippen LogP contribution in [-0.2, 0) is 14.8 Å². The van der Waals surface area contributed by atoms with Gasteiger partial charge in [-0.1, -0.05) is 24.3 Å². The Bertz CT molecular complexity index is 1180. The molecule has 0 heterocycles. The number of rotatable bonds is 8. The SMILES string of the molecule is COc1ccc(C)cc1NC(=O)[C@H](C)N(c1ccc(Oc2ccccc2)cc1)S(C)(=O)=O. The monoisotopic (exact) mass is 454 g/mol. The quantitative estimate of drug-likeness (QED) is 0.538. The van der Waals surface area contributed by atoms with Crippen LogP contribution in [0, 0.1) is 6.92 Å². The fourth-order valence-corrected chi connectivity index (χ4v) is 4.43. The smallest absolute Gasteiger partial charge is 0.248 e. The molecule has 8 heteroatoms. The zero-order chi connectivity index (χ0) is 23.3. The molecule has 1 atom stereocenters. The van der Waals surface area contributed by atoms with Crippen molar-refractivity contribution in [1.29, 1.82) is 0 Å². The second-order valence-electron chi connectivity index (χ2n) is 7.34. The second-order valence-corrected chi connectivity index (χ2v) is 9.20. The van der Waals surface area contributed by atoms with Crippen molar-refractivity contribution in [2.75, 3.05) is 23.0 Å². The zero-order valence-corrected chi connectivity index (χ0v) is 19.2. The fourth-order valence-electron chi connectivity index (χ4n) is 3.25. The minimum atomic E-state index is -3.75. The molecule has 3 aromatic rings. The molecule has 168 valence electrons. The van der Waals surface area contributed by atoms with Gasteiger partial charge in [-0.15, -0.1) is 0 Å². The molecule has 3 aromatic carbocycles. The number of para-hydroxylation sites is 1. The Morgan fingerprint density at radius 3 is 2.19 bits per heavy atom. The third kappa shape index (κ3) is 5.59. The fraction of sp³-hybridized carbons (Fsp3) is 0.208. The minimum Gasteiger partial charge on any atom is -0.495 e. The molecule has 1 N–H and O–H groups in total. The molecule has 0 fully saturated rings. The van der Waals surface area contributed by atoms with Crippen LogP contribution in [-0.4, -0.2) is 33.7 Å². The van der Waals surface area contributed by atoms with Crippen LogP contribution in [0.3, 0.4) is 0 Å². The third-order valence-corrected chi connectivity index (χ3v) is 6.01. The van der Waals surface area contributed by atoms with Gasteiger partial charge in [-0.2, -0.15) is 0 Å². The first-order valence-electron chi connectivity index (χ1n) is 9.97. The van der Waals surface area contributed by atoms with Gasteiger partial charge in [0.05, 0.1) is 24.7 Å². The molecule has 3 rings (SSSR count). The second kappa shape index (κ2) is 9.74. The van der Waals surface area contributed by atoms with Crippen LogP contribution in [0.4, 0.5) is 11.4 Å². The van der Waals surface area contributed by atoms with Gasteiger partial charge in [0, 0.05) is 0 Å². The summed E-state index contributed by atoms with van der Waals surface area (Å²) < 4.78 is 37.3. The number of aryl methyl sites for hydroxylation is 1. The van der Waals surface area contributed by atoms with Crippen molar-refractivity contribution in [2.24, 2.45) is 0 Å². The van der Waals surface area contributed by atoms with Crippen LogP contribution in [0.2, 0.25) is 0 Å². The van der Waals surface area contributed by atoms with Crippen LogP contribution in [0.5, 0.6) is 17.2 Å². The van der Waals surface area contributed by atoms with Crippen LogP contribution >= 0.6 is 0 Å². The van der Waals surface area contributed by atoms with Crippen molar-refractivity contribution >= 4 is 27.3 Å². The Labute approximate surface area is 188 Å². The highest BCUT2D eigenvalue weighted by Crippen LogP contribution is 2.29. The van der Waals surface area contributed by atoms with E-state index in [2.05, 4.69) is 5.32 Å². The molecule has 0 bridgehead atoms. The minimum absolute atomic E-state index is 0.353. The molecule has 7 nitrogen and oxygen atoms in total. The normalized spacial score (nSPS) is 12.0. The Morgan fingerprint density at radius 1 is 0.969 bits per heavy atom. The number of sulfonamides is 1. The van der Waals surface area contributed by atoms with Gasteiger partial charge in [0.15, 0.2) is 0 Å². The van der Waals surface area contributed by atoms with E-state index < -0.39 is 22.0 Å². The average molecular weight is 455 g/mol. The highest BCUT2D eigenvalue weighted by Gasteiger charge is 2.29. The van der Waals surface area contributed by atoms with Gasteiger partial charge in [0.2, 0.25) is 15.9 Å². The summed E-state index contributed by atoms with van der Waals surface area (Å²) in [5.41, 5.74) is 1.76. The van der Waals surface area contributed by atoms with Crippen LogP contribution in [0.25, 0.3) is 0 Å². The summed E-state index contributed by atoms with van der Waals surface area (Å²) in [6.45, 7) is 3.42. The summed E-state index contributed by atoms with van der Waals surface area (Å²) in [5, 5.41) is 2.77. The number of hydrogen-bond donors (Lipinski definition) is 1. The Morgan fingerprint density at radius 2 is 1.59 bits per heavy atom. The van der Waals surface area contributed by atoms with E-state index in [1.54, 1.807) is 36.4 Å². The molecule has 0 aliphatic heterocycles. The number of carbonyl (C=O) groups excluding carboxylic acids is 1. The van der Waals surface area contributed by atoms with E-state index in [-0.39, 0.29) is 0 Å². The van der Waals surface area contributed by atoms with Crippen molar-refractivity contribution in [2.45, 2.75) is 19.9 Å². The number of anilines is 2. The van der Waals surface area contributed by atoms with Gasteiger partial charge in [0.25, 0.3) is 0 Å². The Hall–Kier alpha value is -3.52. The number of methoxy groups -OCH3 is 1. The molecular weight excluding hydrogens is 428 g/mol. The summed E-state index contributed by atoms with van der Waals surface area (Å²) in [5.74, 6) is 1.23. The van der Waals surface area contributed by atoms with Gasteiger partial charge >= 0.3 is 0 Å². The van der Waals surface area contributed by atoms with E-state index in [1.165, 1.54) is 14.0 Å². The summed E-state index contributed by atoms with van der Waals surface area (Å²) in [7, 11) is -2.24. The lowest BCUT2D eigenvalue weighted by atomic mass is 10.2. The lowest BCUT2D eigenvalue weighted by molar-refractivity contribution is -0.116. The molecule has 0 radical (unpaired) electrons. The molecule has 0 unspecified atom stereocenters. The zero-order valence-electron chi connectivity index (χ0n) is 18.4. The number of benzene rings is 3. The Balaban J connectivity index is 1.83. The van der Waals surface area contributed by atoms with Crippen LogP contribution < -0.4 is 19.1 Å². The predicted molar refractivity (Wildman–Crippen MR) is 126 cm³/mol. The van der Waals surface area contributed by atoms with Crippen molar-refractivity contribution in [1.82, 2.24) is 0 Å². The lowest BCUT2D eigenvalue weighted by Crippen LogP contribution is -2.45. The third-order valence-electron chi connectivity index (χ3n) is 4.77. The molecular formula is C24H26N2O5S. The highest BCUT2D eigenvalue weighted by atomic mass is 32.2. The standard InChI is InChI=1S/C24H26N2O5S/c1-17-10-15-23(30-3)22(16-17)25-24(27)18(2)26(32(4,28)29)19-11-13-21(14-12-19)31-20-8-6-5-7-9-20/h5-16,18H,1-4H3,(H,25,27)/t18-/m0/s1. The summed E-state index contributed by atoms with van der Waals surface area (Å²) >= 11 is 0. The highest BCUT2D eigenvalue weighted by molar-refractivity contribution is 7.92. The van der Waals surface area contributed by atoms with Gasteiger partial charge in [0.1, 0.15) is 23.3 Å². The number of nitrogens with zero attached hydrogens (tertiary/aromatic N) is 1. The van der Waals surface area contributed by atoms with Crippen molar-refractivity contribution in [3.63, 3.8) is 0 Å². The van der Waals surface area contributed by atoms with E-state index in [1.807, 2.05) is 43.3 Å². The van der Waals surface area contributed by atoms with Gasteiger partial charge in [-0.25, -0.2) is 8.42 Å². The molecule has 32 heavy (non-hydrogen) atoms. The van der Waals surface area contributed by atoms with E-state index >= 15 is 0 Å². The van der Waals surface area contributed by atoms with Crippen LogP contribution in [0.1, 0.15) is 12.5 Å². The summed E-state index contributed by atoms with van der Waals surface area (Å²) in [4.78, 5) is 13.0. The average Bonchev–Trinajstić information content (AvgIpc) is 2.75. The molecule has 0 aliphatic rings. The van der Waals surface area contributed by atoms with Gasteiger partial charge in [-0.3, -0.25) is 9.10 Å². The van der Waals surface area contributed by atoms with Crippen LogP contribution in [0.15, 0.2) is 72.8 Å². The summed E-state index contributed by atoms with van der Waals surface area (Å²) in [6.07, 6.45) is 1.07. The van der Waals surface area contributed by atoms with E-state index in [0.717, 1.165) is 16.1 Å². The molecule has 1 amide bonds. The van der Waals surface area contributed by atoms with E-state index in [0.29, 0.717) is 28.6 Å². The number of amides is 1. The lowest BCUT2D eigenvalue weighted by Gasteiger charge is -2.28. The molecule has 0 spiro atoms. The predicted octanol–water partition coefficient (Wildman–Crippen LogP) is 4.59. The van der Waals surface area contributed by atoms with Crippen molar-refractivity contribution in [3.8, 4) is 17.2 Å². The Kier molecular flexibility index (Phi) is 7.05. The maximum Gasteiger partial charge on any atom is 0.248 e. The number of hydrogen-bond acceptors (Lipinski definition) is 5. The first-order valence-corrected chi connectivity index (χ1v) is 11.8. The molecule has 0 aromatic heterocycles. The van der Waals surface area contributed by atoms with Gasteiger partial charge < -0.3 is 14.8 Å². The van der Waals surface area contributed by atoms with E-state index in [9.17, 15) is 13.2 Å². The topological polar surface area (TPSA) is 84.9 Å². The number of nitrogens with one attached hydrogen (secondary N) is 1. The van der Waals surface area contributed by atoms with Crippen molar-refractivity contribution in [3.05, 3.63) is 78.4 Å². The molecule has 0 aliphatic carbocycles. The maximum atomic E-state index is 13.0. The number of ether oxygens (including phenoxy) is 2. The maximum absolute atomic E-state index is 13.0. The first-order chi connectivity index (χ1) is 15.2.